The van der Waals surface area contributed by atoms with Gasteiger partial charge in [0.15, 0.2) is 0 Å². The second-order valence-corrected chi connectivity index (χ2v) is 6.90. The second kappa shape index (κ2) is 8.07. The Morgan fingerprint density at radius 1 is 0.815 bits per heavy atom. The molecule has 3 aromatic carbocycles. The van der Waals surface area contributed by atoms with Crippen LogP contribution in [0.15, 0.2) is 78.9 Å². The van der Waals surface area contributed by atoms with Crippen molar-refractivity contribution in [1.82, 2.24) is 5.32 Å². The fourth-order valence-electron chi connectivity index (χ4n) is 3.47. The summed E-state index contributed by atoms with van der Waals surface area (Å²) in [6.45, 7) is 0.808. The zero-order valence-electron chi connectivity index (χ0n) is 16.1. The third-order valence-electron chi connectivity index (χ3n) is 4.96. The van der Waals surface area contributed by atoms with Crippen LogP contribution in [0.5, 0.6) is 0 Å². The summed E-state index contributed by atoms with van der Waals surface area (Å²) in [5.74, 6) is 0. The van der Waals surface area contributed by atoms with Crippen LogP contribution in [0.2, 0.25) is 0 Å². The summed E-state index contributed by atoms with van der Waals surface area (Å²) in [5, 5.41) is 13.6. The molecule has 0 heterocycles. The van der Waals surface area contributed by atoms with Crippen molar-refractivity contribution >= 4 is 5.69 Å². The summed E-state index contributed by atoms with van der Waals surface area (Å²) in [4.78, 5) is 2.06. The number of hydrogen-bond acceptors (Lipinski definition) is 3. The van der Waals surface area contributed by atoms with Crippen LogP contribution >= 0.6 is 0 Å². The van der Waals surface area contributed by atoms with Crippen molar-refractivity contribution in [3.8, 4) is 6.07 Å². The van der Waals surface area contributed by atoms with Crippen molar-refractivity contribution in [3.05, 3.63) is 101 Å². The molecule has 3 rings (SSSR count). The van der Waals surface area contributed by atoms with Crippen molar-refractivity contribution in [3.63, 3.8) is 0 Å². The fraction of sp³-hybridized carbons (Fsp3) is 0.208. The molecule has 3 nitrogen and oxygen atoms in total. The Bertz CT molecular complexity index is 907. The minimum absolute atomic E-state index is 0.808. The topological polar surface area (TPSA) is 39.1 Å². The van der Waals surface area contributed by atoms with E-state index in [9.17, 15) is 5.26 Å². The van der Waals surface area contributed by atoms with Crippen LogP contribution in [-0.4, -0.2) is 21.1 Å². The van der Waals surface area contributed by atoms with Crippen LogP contribution in [0.25, 0.3) is 0 Å². The standard InChI is InChI=1S/C24H25N3/c1-26-17-19-9-11-21(12-10-19)24(18-25,20-7-5-4-6-8-20)22-13-15-23(16-14-22)27(2)3/h4-16,26H,17H2,1-3H3. The molecule has 0 spiro atoms. The van der Waals surface area contributed by atoms with Gasteiger partial charge in [-0.15, -0.1) is 0 Å². The highest BCUT2D eigenvalue weighted by molar-refractivity contribution is 5.59. The Morgan fingerprint density at radius 2 is 1.33 bits per heavy atom. The molecule has 0 saturated carbocycles. The summed E-state index contributed by atoms with van der Waals surface area (Å²) in [6.07, 6.45) is 0. The highest BCUT2D eigenvalue weighted by Gasteiger charge is 2.36. The maximum Gasteiger partial charge on any atom is 0.132 e. The molecule has 0 aliphatic carbocycles. The van der Waals surface area contributed by atoms with E-state index in [4.69, 9.17) is 0 Å². The SMILES string of the molecule is CNCc1ccc(C(C#N)(c2ccccc2)c2ccc(N(C)C)cc2)cc1. The van der Waals surface area contributed by atoms with Gasteiger partial charge in [0.25, 0.3) is 0 Å². The lowest BCUT2D eigenvalue weighted by Gasteiger charge is -2.29. The minimum Gasteiger partial charge on any atom is -0.378 e. The molecule has 0 aromatic heterocycles. The number of nitrogens with one attached hydrogen (secondary N) is 1. The number of benzene rings is 3. The molecule has 1 unspecified atom stereocenters. The van der Waals surface area contributed by atoms with Crippen LogP contribution < -0.4 is 10.2 Å². The molecule has 0 aliphatic rings. The predicted molar refractivity (Wildman–Crippen MR) is 112 cm³/mol. The monoisotopic (exact) mass is 355 g/mol. The van der Waals surface area contributed by atoms with Crippen molar-refractivity contribution in [2.24, 2.45) is 0 Å². The molecule has 27 heavy (non-hydrogen) atoms. The first-order chi connectivity index (χ1) is 13.1. The van der Waals surface area contributed by atoms with Gasteiger partial charge in [-0.1, -0.05) is 66.7 Å². The molecule has 3 heteroatoms. The van der Waals surface area contributed by atoms with Crippen molar-refractivity contribution in [2.75, 3.05) is 26.0 Å². The van der Waals surface area contributed by atoms with E-state index in [-0.39, 0.29) is 0 Å². The van der Waals surface area contributed by atoms with Crippen LogP contribution in [0.3, 0.4) is 0 Å². The first-order valence-electron chi connectivity index (χ1n) is 9.10. The maximum absolute atomic E-state index is 10.4. The smallest absolute Gasteiger partial charge is 0.132 e. The van der Waals surface area contributed by atoms with E-state index in [1.165, 1.54) is 5.56 Å². The maximum atomic E-state index is 10.4. The van der Waals surface area contributed by atoms with E-state index in [2.05, 4.69) is 64.8 Å². The number of anilines is 1. The van der Waals surface area contributed by atoms with E-state index in [0.29, 0.717) is 0 Å². The van der Waals surface area contributed by atoms with Crippen molar-refractivity contribution in [2.45, 2.75) is 12.0 Å². The van der Waals surface area contributed by atoms with Gasteiger partial charge in [-0.05, 0) is 41.4 Å². The lowest BCUT2D eigenvalue weighted by atomic mass is 9.70. The average molecular weight is 355 g/mol. The zero-order valence-corrected chi connectivity index (χ0v) is 16.1. The molecular formula is C24H25N3. The Labute approximate surface area is 161 Å². The van der Waals surface area contributed by atoms with Gasteiger partial charge < -0.3 is 10.2 Å². The lowest BCUT2D eigenvalue weighted by molar-refractivity contribution is 0.787. The molecule has 136 valence electrons. The molecule has 0 aliphatic heterocycles. The minimum atomic E-state index is -0.843. The predicted octanol–water partition coefficient (Wildman–Crippen LogP) is 4.33. The van der Waals surface area contributed by atoms with E-state index in [0.717, 1.165) is 28.9 Å². The van der Waals surface area contributed by atoms with Crippen molar-refractivity contribution in [1.29, 1.82) is 5.26 Å². The Hall–Kier alpha value is -3.09. The molecule has 1 atom stereocenters. The zero-order chi connectivity index (χ0) is 19.3. The first-order valence-corrected chi connectivity index (χ1v) is 9.10. The third-order valence-corrected chi connectivity index (χ3v) is 4.96. The molecule has 0 fully saturated rings. The summed E-state index contributed by atoms with van der Waals surface area (Å²) in [5.41, 5.74) is 4.40. The lowest BCUT2D eigenvalue weighted by Crippen LogP contribution is -2.27. The van der Waals surface area contributed by atoms with E-state index in [1.807, 2.05) is 51.5 Å². The number of hydrogen-bond donors (Lipinski definition) is 1. The molecule has 1 N–H and O–H groups in total. The molecule has 0 radical (unpaired) electrons. The first kappa shape index (κ1) is 18.7. The second-order valence-electron chi connectivity index (χ2n) is 6.90. The van der Waals surface area contributed by atoms with Gasteiger partial charge in [-0.25, -0.2) is 0 Å². The molecule has 3 aromatic rings. The van der Waals surface area contributed by atoms with Gasteiger partial charge >= 0.3 is 0 Å². The molecule has 0 bridgehead atoms. The highest BCUT2D eigenvalue weighted by Crippen LogP contribution is 2.39. The van der Waals surface area contributed by atoms with Gasteiger partial charge in [0.05, 0.1) is 6.07 Å². The summed E-state index contributed by atoms with van der Waals surface area (Å²) in [7, 11) is 5.97. The Balaban J connectivity index is 2.18. The van der Waals surface area contributed by atoms with Crippen LogP contribution in [0.4, 0.5) is 5.69 Å². The fourth-order valence-corrected chi connectivity index (χ4v) is 3.47. The number of rotatable bonds is 6. The van der Waals surface area contributed by atoms with Gasteiger partial charge in [-0.3, -0.25) is 0 Å². The number of nitriles is 1. The van der Waals surface area contributed by atoms with Crippen LogP contribution in [-0.2, 0) is 12.0 Å². The van der Waals surface area contributed by atoms with Gasteiger partial charge in [0.1, 0.15) is 5.41 Å². The van der Waals surface area contributed by atoms with Crippen molar-refractivity contribution < 1.29 is 0 Å². The average Bonchev–Trinajstić information content (AvgIpc) is 2.71. The summed E-state index contributed by atoms with van der Waals surface area (Å²) < 4.78 is 0. The van der Waals surface area contributed by atoms with Gasteiger partial charge in [0.2, 0.25) is 0 Å². The van der Waals surface area contributed by atoms with E-state index >= 15 is 0 Å². The Morgan fingerprint density at radius 3 is 1.81 bits per heavy atom. The largest absolute Gasteiger partial charge is 0.378 e. The molecular weight excluding hydrogens is 330 g/mol. The van der Waals surface area contributed by atoms with Gasteiger partial charge in [-0.2, -0.15) is 5.26 Å². The normalized spacial score (nSPS) is 12.8. The summed E-state index contributed by atoms with van der Waals surface area (Å²) >= 11 is 0. The number of nitrogens with zero attached hydrogens (tertiary/aromatic N) is 2. The van der Waals surface area contributed by atoms with Crippen LogP contribution in [0.1, 0.15) is 22.3 Å². The van der Waals surface area contributed by atoms with E-state index < -0.39 is 5.41 Å². The van der Waals surface area contributed by atoms with E-state index in [1.54, 1.807) is 0 Å². The van der Waals surface area contributed by atoms with Crippen LogP contribution in [0, 0.1) is 11.3 Å². The third kappa shape index (κ3) is 3.58. The molecule has 0 saturated heterocycles. The summed E-state index contributed by atoms with van der Waals surface area (Å²) in [6, 6.07) is 29.3. The Kier molecular flexibility index (Phi) is 5.59. The molecule has 0 amide bonds. The quantitative estimate of drug-likeness (QED) is 0.669. The highest BCUT2D eigenvalue weighted by atomic mass is 15.1. The van der Waals surface area contributed by atoms with Gasteiger partial charge in [0, 0.05) is 26.3 Å².